The van der Waals surface area contributed by atoms with E-state index in [0.717, 1.165) is 61.4 Å². The van der Waals surface area contributed by atoms with Crippen molar-refractivity contribution in [2.75, 3.05) is 56.8 Å². The van der Waals surface area contributed by atoms with Gasteiger partial charge >= 0.3 is 0 Å². The quantitative estimate of drug-likeness (QED) is 0.270. The number of rotatable bonds is 9. The summed E-state index contributed by atoms with van der Waals surface area (Å²) < 4.78 is 36.8. The summed E-state index contributed by atoms with van der Waals surface area (Å²) in [6, 6.07) is 16.2. The Hall–Kier alpha value is -3.96. The van der Waals surface area contributed by atoms with Crippen molar-refractivity contribution in [2.45, 2.75) is 49.2 Å². The van der Waals surface area contributed by atoms with Gasteiger partial charge in [0.1, 0.15) is 5.75 Å². The zero-order chi connectivity index (χ0) is 30.4. The minimum absolute atomic E-state index is 0.192. The number of hydrogen-bond acceptors (Lipinski definition) is 8. The van der Waals surface area contributed by atoms with Crippen molar-refractivity contribution in [3.05, 3.63) is 60.3 Å². The van der Waals surface area contributed by atoms with Crippen molar-refractivity contribution in [2.24, 2.45) is 0 Å². The molecule has 0 spiro atoms. The fourth-order valence-corrected chi connectivity index (χ4v) is 6.62. The second kappa shape index (κ2) is 13.6. The lowest BCUT2D eigenvalue weighted by Gasteiger charge is -2.39. The summed E-state index contributed by atoms with van der Waals surface area (Å²) in [5.41, 5.74) is 3.97. The summed E-state index contributed by atoms with van der Waals surface area (Å²) in [6.07, 6.45) is 5.78. The molecule has 2 aliphatic rings. The number of morpholine rings is 1. The summed E-state index contributed by atoms with van der Waals surface area (Å²) in [7, 11) is -1.84. The largest absolute Gasteiger partial charge is 0.495 e. The van der Waals surface area contributed by atoms with E-state index in [0.29, 0.717) is 42.2 Å². The van der Waals surface area contributed by atoms with Crippen LogP contribution < -0.4 is 15.4 Å². The van der Waals surface area contributed by atoms with Crippen molar-refractivity contribution in [3.63, 3.8) is 0 Å². The van der Waals surface area contributed by atoms with Crippen molar-refractivity contribution in [1.82, 2.24) is 9.47 Å². The van der Waals surface area contributed by atoms with Crippen LogP contribution in [0.25, 0.3) is 10.9 Å². The van der Waals surface area contributed by atoms with Gasteiger partial charge in [-0.25, -0.2) is 8.42 Å². The monoisotopic (exact) mass is 601 g/mol. The summed E-state index contributed by atoms with van der Waals surface area (Å²) >= 11 is 0. The minimum atomic E-state index is -3.34. The zero-order valence-corrected chi connectivity index (χ0v) is 25.7. The number of anilines is 2. The number of ether oxygens (including phenoxy) is 2. The summed E-state index contributed by atoms with van der Waals surface area (Å²) in [5.74, 6) is 6.87. The molecule has 43 heavy (non-hydrogen) atoms. The van der Waals surface area contributed by atoms with E-state index < -0.39 is 9.84 Å². The number of aromatic nitrogens is 1. The molecule has 0 radical (unpaired) electrons. The van der Waals surface area contributed by atoms with Crippen LogP contribution in [0.2, 0.25) is 0 Å². The summed E-state index contributed by atoms with van der Waals surface area (Å²) in [5, 5.41) is 17.6. The lowest BCUT2D eigenvalue weighted by atomic mass is 9.89. The number of nitrogens with zero attached hydrogens (tertiary/aromatic N) is 3. The first-order valence-corrected chi connectivity index (χ1v) is 16.5. The van der Waals surface area contributed by atoms with Gasteiger partial charge in [0.05, 0.1) is 61.3 Å². The SMILES string of the molecule is C=C(C#N)Cn1c(C#CCNc2ccc(S(C)(=O)=O)cc2OC)cc2c(NC3CCC(N4CCOCC4)CC3)cccc21. The molecule has 2 N–H and O–H groups in total. The molecule has 2 aromatic carbocycles. The standard InChI is InChI=1S/C33H39N5O4S/c1-24(22-34)23-38-27(6-5-15-35-31-14-13-28(43(3,39)40)21-33(31)41-2)20-29-30(7-4-8-32(29)38)36-25-9-11-26(12-10-25)37-16-18-42-19-17-37/h4,7-8,13-14,20-21,25-26,35-36H,1,9-12,15-19,23H2,2-3H3. The Morgan fingerprint density at radius 2 is 1.88 bits per heavy atom. The Kier molecular flexibility index (Phi) is 9.62. The minimum Gasteiger partial charge on any atom is -0.495 e. The normalized spacial score (nSPS) is 19.2. The lowest BCUT2D eigenvalue weighted by molar-refractivity contribution is 0.00791. The molecule has 1 aromatic heterocycles. The second-order valence-electron chi connectivity index (χ2n) is 11.2. The molecule has 0 amide bonds. The van der Waals surface area contributed by atoms with Gasteiger partial charge in [0.15, 0.2) is 9.84 Å². The van der Waals surface area contributed by atoms with E-state index in [2.05, 4.69) is 58.2 Å². The third-order valence-electron chi connectivity index (χ3n) is 8.26. The molecular weight excluding hydrogens is 562 g/mol. The van der Waals surface area contributed by atoms with Gasteiger partial charge in [0.25, 0.3) is 0 Å². The maximum absolute atomic E-state index is 11.9. The maximum Gasteiger partial charge on any atom is 0.175 e. The smallest absolute Gasteiger partial charge is 0.175 e. The maximum atomic E-state index is 11.9. The van der Waals surface area contributed by atoms with Gasteiger partial charge in [-0.05, 0) is 61.9 Å². The van der Waals surface area contributed by atoms with Gasteiger partial charge in [-0.2, -0.15) is 5.26 Å². The molecule has 1 aliphatic carbocycles. The van der Waals surface area contributed by atoms with Crippen molar-refractivity contribution in [3.8, 4) is 23.7 Å². The zero-order valence-electron chi connectivity index (χ0n) is 24.9. The first-order valence-electron chi connectivity index (χ1n) is 14.7. The molecule has 0 bridgehead atoms. The molecule has 226 valence electrons. The molecule has 1 saturated heterocycles. The third-order valence-corrected chi connectivity index (χ3v) is 9.37. The first-order chi connectivity index (χ1) is 20.8. The molecule has 0 unspecified atom stereocenters. The topological polar surface area (TPSA) is 109 Å². The predicted octanol–water partition coefficient (Wildman–Crippen LogP) is 4.65. The fourth-order valence-electron chi connectivity index (χ4n) is 5.98. The van der Waals surface area contributed by atoms with Crippen LogP contribution in [0.4, 0.5) is 11.4 Å². The lowest BCUT2D eigenvalue weighted by Crippen LogP contribution is -2.46. The average Bonchev–Trinajstić information content (AvgIpc) is 3.37. The van der Waals surface area contributed by atoms with Gasteiger partial charge in [0.2, 0.25) is 0 Å². The van der Waals surface area contributed by atoms with E-state index >= 15 is 0 Å². The van der Waals surface area contributed by atoms with E-state index in [1.54, 1.807) is 12.1 Å². The summed E-state index contributed by atoms with van der Waals surface area (Å²) in [4.78, 5) is 2.78. The van der Waals surface area contributed by atoms with Gasteiger partial charge in [-0.3, -0.25) is 4.90 Å². The fraction of sp³-hybridized carbons (Fsp3) is 0.424. The predicted molar refractivity (Wildman–Crippen MR) is 170 cm³/mol. The third kappa shape index (κ3) is 7.34. The number of sulfone groups is 1. The molecule has 2 fully saturated rings. The number of nitriles is 1. The van der Waals surface area contributed by atoms with Gasteiger partial charge in [-0.15, -0.1) is 0 Å². The van der Waals surface area contributed by atoms with Crippen LogP contribution in [0.1, 0.15) is 31.4 Å². The van der Waals surface area contributed by atoms with Crippen LogP contribution in [-0.2, 0) is 21.1 Å². The van der Waals surface area contributed by atoms with Crippen LogP contribution in [0, 0.1) is 23.2 Å². The van der Waals surface area contributed by atoms with Crippen LogP contribution in [0.15, 0.2) is 59.5 Å². The number of methoxy groups -OCH3 is 1. The van der Waals surface area contributed by atoms with Gasteiger partial charge in [0, 0.05) is 54.1 Å². The van der Waals surface area contributed by atoms with E-state index in [4.69, 9.17) is 9.47 Å². The highest BCUT2D eigenvalue weighted by Gasteiger charge is 2.27. The first kappa shape index (κ1) is 30.5. The van der Waals surface area contributed by atoms with Crippen LogP contribution in [0.5, 0.6) is 5.75 Å². The van der Waals surface area contributed by atoms with Gasteiger partial charge in [-0.1, -0.05) is 18.6 Å². The molecule has 10 heteroatoms. The second-order valence-corrected chi connectivity index (χ2v) is 13.2. The molecule has 9 nitrogen and oxygen atoms in total. The van der Waals surface area contributed by atoms with Crippen LogP contribution >= 0.6 is 0 Å². The van der Waals surface area contributed by atoms with Crippen molar-refractivity contribution >= 4 is 32.1 Å². The number of nitrogens with one attached hydrogen (secondary N) is 2. The molecule has 1 saturated carbocycles. The molecule has 5 rings (SSSR count). The van der Waals surface area contributed by atoms with Crippen LogP contribution in [0.3, 0.4) is 0 Å². The van der Waals surface area contributed by atoms with E-state index in [9.17, 15) is 13.7 Å². The highest BCUT2D eigenvalue weighted by Crippen LogP contribution is 2.32. The number of hydrogen-bond donors (Lipinski definition) is 2. The molecular formula is C33H39N5O4S. The number of benzene rings is 2. The van der Waals surface area contributed by atoms with Crippen molar-refractivity contribution < 1.29 is 17.9 Å². The molecule has 3 aromatic rings. The Balaban J connectivity index is 1.32. The average molecular weight is 602 g/mol. The Morgan fingerprint density at radius 1 is 1.12 bits per heavy atom. The van der Waals surface area contributed by atoms with E-state index in [1.807, 2.05) is 10.6 Å². The highest BCUT2D eigenvalue weighted by molar-refractivity contribution is 7.90. The Labute approximate surface area is 254 Å². The highest BCUT2D eigenvalue weighted by atomic mass is 32.2. The molecule has 1 aliphatic heterocycles. The van der Waals surface area contributed by atoms with E-state index in [1.165, 1.54) is 32.3 Å². The number of allylic oxidation sites excluding steroid dienone is 1. The van der Waals surface area contributed by atoms with E-state index in [-0.39, 0.29) is 4.90 Å². The number of fused-ring (bicyclic) bond motifs is 1. The Morgan fingerprint density at radius 3 is 2.58 bits per heavy atom. The Bertz CT molecular complexity index is 1680. The molecule has 0 atom stereocenters. The molecule has 2 heterocycles. The van der Waals surface area contributed by atoms with Gasteiger partial charge < -0.3 is 24.7 Å². The van der Waals surface area contributed by atoms with Crippen molar-refractivity contribution in [1.29, 1.82) is 5.26 Å². The summed E-state index contributed by atoms with van der Waals surface area (Å²) in [6.45, 7) is 8.32. The van der Waals surface area contributed by atoms with Crippen LogP contribution in [-0.4, -0.2) is 76.2 Å².